The Morgan fingerprint density at radius 3 is 2.57 bits per heavy atom. The topological polar surface area (TPSA) is 127 Å². The minimum absolute atomic E-state index is 0.0623. The highest BCUT2D eigenvalue weighted by molar-refractivity contribution is 5.78. The van der Waals surface area contributed by atoms with Gasteiger partial charge in [-0.25, -0.2) is 14.8 Å². The highest BCUT2D eigenvalue weighted by Crippen LogP contribution is 2.27. The Morgan fingerprint density at radius 2 is 1.86 bits per heavy atom. The van der Waals surface area contributed by atoms with Gasteiger partial charge in [-0.2, -0.15) is 4.98 Å². The van der Waals surface area contributed by atoms with Crippen LogP contribution in [-0.2, 0) is 11.3 Å². The van der Waals surface area contributed by atoms with Gasteiger partial charge in [-0.3, -0.25) is 9.36 Å². The van der Waals surface area contributed by atoms with Gasteiger partial charge in [0.15, 0.2) is 0 Å². The predicted molar refractivity (Wildman–Crippen MR) is 167 cm³/mol. The Labute approximate surface area is 259 Å². The third-order valence-corrected chi connectivity index (χ3v) is 8.43. The molecule has 12 heteroatoms. The lowest BCUT2D eigenvalue weighted by Crippen LogP contribution is -2.59. The number of nitrogens with zero attached hydrogens (tertiary/aromatic N) is 6. The lowest BCUT2D eigenvalue weighted by molar-refractivity contribution is -0.121. The molecule has 1 saturated heterocycles. The first-order valence-corrected chi connectivity index (χ1v) is 15.5. The molecule has 0 bridgehead atoms. The smallest absolute Gasteiger partial charge is 0.317 e. The number of hydrogen-bond donors (Lipinski definition) is 2. The minimum atomic E-state index is -0.293. The summed E-state index contributed by atoms with van der Waals surface area (Å²) in [5, 5.41) is 6.30. The Bertz CT molecular complexity index is 1410. The normalized spacial score (nSPS) is 17.4. The van der Waals surface area contributed by atoms with Crippen LogP contribution >= 0.6 is 0 Å². The number of ether oxygens (including phenoxy) is 2. The second kappa shape index (κ2) is 14.4. The van der Waals surface area contributed by atoms with Crippen LogP contribution in [0.2, 0.25) is 0 Å². The molecule has 0 spiro atoms. The molecule has 1 aromatic carbocycles. The third-order valence-electron chi connectivity index (χ3n) is 8.43. The van der Waals surface area contributed by atoms with Crippen molar-refractivity contribution in [1.29, 1.82) is 0 Å². The summed E-state index contributed by atoms with van der Waals surface area (Å²) in [5.74, 6) is 2.65. The van der Waals surface area contributed by atoms with Crippen molar-refractivity contribution in [1.82, 2.24) is 35.1 Å². The summed E-state index contributed by atoms with van der Waals surface area (Å²) in [6.45, 7) is 5.93. The zero-order valence-corrected chi connectivity index (χ0v) is 26.2. The molecule has 2 aliphatic rings. The number of carbonyl (C=O) groups excluding carboxylic acids is 2. The van der Waals surface area contributed by atoms with Crippen LogP contribution in [0.25, 0.3) is 5.95 Å². The van der Waals surface area contributed by atoms with Gasteiger partial charge in [-0.15, -0.1) is 0 Å². The SMILES string of the molecule is COc1ccc(OC)c(CNC(=O)CC2CN(C(=O)NC3CCCCC3)CCN2c2cc(C(C)C)nc(-n3ccnc3)n2)c1. The molecule has 2 aromatic heterocycles. The molecular formula is C32H44N8O4. The van der Waals surface area contributed by atoms with E-state index >= 15 is 0 Å². The number of aromatic nitrogens is 4. The summed E-state index contributed by atoms with van der Waals surface area (Å²) >= 11 is 0. The van der Waals surface area contributed by atoms with E-state index in [0.717, 1.165) is 42.8 Å². The van der Waals surface area contributed by atoms with Crippen molar-refractivity contribution >= 4 is 17.8 Å². The van der Waals surface area contributed by atoms with Crippen molar-refractivity contribution in [3.05, 3.63) is 54.2 Å². The molecule has 3 aromatic rings. The van der Waals surface area contributed by atoms with Crippen molar-refractivity contribution in [3.63, 3.8) is 0 Å². The molecule has 1 aliphatic heterocycles. The number of imidazole rings is 1. The number of anilines is 1. The molecule has 2 N–H and O–H groups in total. The number of hydrogen-bond acceptors (Lipinski definition) is 8. The van der Waals surface area contributed by atoms with Crippen LogP contribution in [0.1, 0.15) is 69.5 Å². The van der Waals surface area contributed by atoms with Crippen molar-refractivity contribution in [2.75, 3.05) is 38.8 Å². The molecule has 1 aliphatic carbocycles. The number of rotatable bonds is 10. The largest absolute Gasteiger partial charge is 0.497 e. The molecule has 44 heavy (non-hydrogen) atoms. The maximum Gasteiger partial charge on any atom is 0.317 e. The summed E-state index contributed by atoms with van der Waals surface area (Å²) < 4.78 is 12.6. The summed E-state index contributed by atoms with van der Waals surface area (Å²) in [6, 6.07) is 7.35. The summed E-state index contributed by atoms with van der Waals surface area (Å²) in [7, 11) is 3.21. The fourth-order valence-corrected chi connectivity index (χ4v) is 5.90. The fraction of sp³-hybridized carbons (Fsp3) is 0.531. The van der Waals surface area contributed by atoms with Gasteiger partial charge in [0, 0.05) is 62.7 Å². The summed E-state index contributed by atoms with van der Waals surface area (Å²) in [4.78, 5) is 44.6. The average Bonchev–Trinajstić information content (AvgIpc) is 3.59. The molecule has 3 amide bonds. The van der Waals surface area contributed by atoms with Gasteiger partial charge in [-0.05, 0) is 37.0 Å². The quantitative estimate of drug-likeness (QED) is 0.355. The number of benzene rings is 1. The van der Waals surface area contributed by atoms with E-state index in [9.17, 15) is 9.59 Å². The number of carbonyl (C=O) groups is 2. The molecule has 1 saturated carbocycles. The number of nitrogens with one attached hydrogen (secondary N) is 2. The van der Waals surface area contributed by atoms with E-state index in [1.54, 1.807) is 31.3 Å². The van der Waals surface area contributed by atoms with Crippen molar-refractivity contribution in [2.45, 2.75) is 76.9 Å². The lowest BCUT2D eigenvalue weighted by atomic mass is 9.96. The molecule has 3 heterocycles. The van der Waals surface area contributed by atoms with Crippen molar-refractivity contribution in [2.24, 2.45) is 0 Å². The van der Waals surface area contributed by atoms with E-state index in [4.69, 9.17) is 19.4 Å². The van der Waals surface area contributed by atoms with E-state index in [1.807, 2.05) is 35.4 Å². The third kappa shape index (κ3) is 7.59. The zero-order valence-electron chi connectivity index (χ0n) is 26.2. The first-order valence-electron chi connectivity index (χ1n) is 15.5. The van der Waals surface area contributed by atoms with Crippen LogP contribution in [0.3, 0.4) is 0 Å². The van der Waals surface area contributed by atoms with Gasteiger partial charge in [0.25, 0.3) is 0 Å². The van der Waals surface area contributed by atoms with E-state index in [2.05, 4.69) is 34.4 Å². The van der Waals surface area contributed by atoms with E-state index < -0.39 is 0 Å². The van der Waals surface area contributed by atoms with Gasteiger partial charge in [-0.1, -0.05) is 33.1 Å². The average molecular weight is 605 g/mol. The first-order chi connectivity index (χ1) is 21.3. The van der Waals surface area contributed by atoms with Crippen molar-refractivity contribution in [3.8, 4) is 17.4 Å². The van der Waals surface area contributed by atoms with Crippen LogP contribution in [-0.4, -0.2) is 82.3 Å². The minimum Gasteiger partial charge on any atom is -0.497 e. The first kappa shape index (κ1) is 31.1. The molecule has 236 valence electrons. The van der Waals surface area contributed by atoms with Crippen molar-refractivity contribution < 1.29 is 19.1 Å². The van der Waals surface area contributed by atoms with E-state index in [-0.39, 0.29) is 42.9 Å². The van der Waals surface area contributed by atoms with Gasteiger partial charge < -0.3 is 29.9 Å². The van der Waals surface area contributed by atoms with Gasteiger partial charge >= 0.3 is 6.03 Å². The predicted octanol–water partition coefficient (Wildman–Crippen LogP) is 4.04. The molecule has 1 unspecified atom stereocenters. The molecular weight excluding hydrogens is 560 g/mol. The number of urea groups is 1. The molecule has 5 rings (SSSR count). The van der Waals surface area contributed by atoms with Crippen LogP contribution < -0.4 is 25.0 Å². The Hall–Kier alpha value is -4.35. The molecule has 12 nitrogen and oxygen atoms in total. The maximum absolute atomic E-state index is 13.5. The number of amides is 3. The highest BCUT2D eigenvalue weighted by Gasteiger charge is 2.33. The Balaban J connectivity index is 1.37. The van der Waals surface area contributed by atoms with E-state index in [0.29, 0.717) is 37.1 Å². The van der Waals surface area contributed by atoms with Gasteiger partial charge in [0.05, 0.1) is 26.0 Å². The summed E-state index contributed by atoms with van der Waals surface area (Å²) in [5.41, 5.74) is 1.71. The second-order valence-corrected chi connectivity index (χ2v) is 11.8. The van der Waals surface area contributed by atoms with Crippen LogP contribution in [0.4, 0.5) is 10.6 Å². The lowest BCUT2D eigenvalue weighted by Gasteiger charge is -2.42. The maximum atomic E-state index is 13.5. The molecule has 2 fully saturated rings. The fourth-order valence-electron chi connectivity index (χ4n) is 5.90. The van der Waals surface area contributed by atoms with Crippen LogP contribution in [0.15, 0.2) is 43.0 Å². The van der Waals surface area contributed by atoms with Crippen LogP contribution in [0.5, 0.6) is 11.5 Å². The summed E-state index contributed by atoms with van der Waals surface area (Å²) in [6.07, 6.45) is 10.9. The number of piperazine rings is 1. The molecule has 1 atom stereocenters. The highest BCUT2D eigenvalue weighted by atomic mass is 16.5. The Kier molecular flexibility index (Phi) is 10.2. The van der Waals surface area contributed by atoms with Crippen LogP contribution in [0, 0.1) is 0 Å². The molecule has 0 radical (unpaired) electrons. The second-order valence-electron chi connectivity index (χ2n) is 11.8. The monoisotopic (exact) mass is 604 g/mol. The Morgan fingerprint density at radius 1 is 1.05 bits per heavy atom. The van der Waals surface area contributed by atoms with Gasteiger partial charge in [0.1, 0.15) is 23.6 Å². The number of methoxy groups -OCH3 is 2. The van der Waals surface area contributed by atoms with E-state index in [1.165, 1.54) is 6.42 Å². The van der Waals surface area contributed by atoms with Gasteiger partial charge in [0.2, 0.25) is 11.9 Å². The zero-order chi connectivity index (χ0) is 31.1. The standard InChI is InChI=1S/C32H44N8O4/c1-22(2)27-18-29(37-31(36-27)39-13-12-33-21-39)40-15-14-38(32(42)35-24-8-6-5-7-9-24)20-25(40)17-30(41)34-19-23-16-26(43-3)10-11-28(23)44-4/h10-13,16,18,21-22,24-25H,5-9,14-15,17,19-20H2,1-4H3,(H,34,41)(H,35,42).